The molecule has 0 unspecified atom stereocenters. The fourth-order valence-corrected chi connectivity index (χ4v) is 3.00. The molecular weight excluding hydrogens is 441 g/mol. The third kappa shape index (κ3) is 3.35. The van der Waals surface area contributed by atoms with Crippen LogP contribution < -0.4 is 4.18 Å². The summed E-state index contributed by atoms with van der Waals surface area (Å²) in [6, 6.07) is 6.21. The topological polar surface area (TPSA) is 43.4 Å². The van der Waals surface area contributed by atoms with Crippen molar-refractivity contribution in [1.82, 2.24) is 0 Å². The number of aryl methyl sites for hydroxylation is 1. The van der Waals surface area contributed by atoms with Crippen molar-refractivity contribution in [2.75, 3.05) is 0 Å². The summed E-state index contributed by atoms with van der Waals surface area (Å²) in [5.74, 6) is -0.421. The van der Waals surface area contributed by atoms with Gasteiger partial charge in [-0.05, 0) is 57.4 Å². The molecule has 21 heavy (non-hydrogen) atoms. The van der Waals surface area contributed by atoms with Gasteiger partial charge in [0, 0.05) is 4.47 Å². The largest absolute Gasteiger partial charge is 0.534 e. The van der Waals surface area contributed by atoms with Crippen molar-refractivity contribution in [3.8, 4) is 5.75 Å². The minimum Gasteiger partial charge on any atom is -0.375 e. The Kier molecular flexibility index (Phi) is 4.29. The molecule has 2 aromatic rings. The van der Waals surface area contributed by atoms with Crippen molar-refractivity contribution in [2.24, 2.45) is 0 Å². The summed E-state index contributed by atoms with van der Waals surface area (Å²) in [4.78, 5) is 0. The Morgan fingerprint density at radius 1 is 1.00 bits per heavy atom. The first-order valence-corrected chi connectivity index (χ1v) is 8.41. The summed E-state index contributed by atoms with van der Waals surface area (Å²) in [6.07, 6.45) is 0. The molecule has 0 aliphatic rings. The molecule has 0 radical (unpaired) electrons. The van der Waals surface area contributed by atoms with Gasteiger partial charge in [0.1, 0.15) is 0 Å². The first-order chi connectivity index (χ1) is 9.51. The second-order valence-electron chi connectivity index (χ2n) is 4.21. The third-order valence-electron chi connectivity index (χ3n) is 2.65. The first kappa shape index (κ1) is 16.6. The molecule has 9 heteroatoms. The van der Waals surface area contributed by atoms with E-state index in [1.807, 2.05) is 13.0 Å². The van der Waals surface area contributed by atoms with Crippen molar-refractivity contribution in [2.45, 2.75) is 12.4 Å². The molecule has 0 atom stereocenters. The van der Waals surface area contributed by atoms with E-state index in [4.69, 9.17) is 0 Å². The summed E-state index contributed by atoms with van der Waals surface area (Å²) in [5, 5.41) is 1.28. The highest BCUT2D eigenvalue weighted by molar-refractivity contribution is 9.10. The van der Waals surface area contributed by atoms with Gasteiger partial charge >= 0.3 is 15.6 Å². The molecule has 0 spiro atoms. The van der Waals surface area contributed by atoms with Crippen LogP contribution in [0.3, 0.4) is 0 Å². The van der Waals surface area contributed by atoms with Crippen LogP contribution in [0.15, 0.2) is 33.2 Å². The van der Waals surface area contributed by atoms with Crippen LogP contribution in [0.5, 0.6) is 5.75 Å². The summed E-state index contributed by atoms with van der Waals surface area (Å²) < 4.78 is 64.2. The van der Waals surface area contributed by atoms with E-state index in [0.29, 0.717) is 5.39 Å². The van der Waals surface area contributed by atoms with Crippen LogP contribution in [-0.2, 0) is 10.1 Å². The minimum atomic E-state index is -5.70. The molecule has 2 aromatic carbocycles. The van der Waals surface area contributed by atoms with E-state index in [1.165, 1.54) is 12.1 Å². The van der Waals surface area contributed by atoms with E-state index >= 15 is 0 Å². The van der Waals surface area contributed by atoms with Gasteiger partial charge in [0.15, 0.2) is 5.75 Å². The summed E-state index contributed by atoms with van der Waals surface area (Å²) in [6.45, 7) is 1.86. The molecule has 0 aliphatic carbocycles. The Morgan fingerprint density at radius 3 is 2.10 bits per heavy atom. The average molecular weight is 448 g/mol. The highest BCUT2D eigenvalue weighted by atomic mass is 79.9. The predicted molar refractivity (Wildman–Crippen MR) is 79.7 cm³/mol. The van der Waals surface area contributed by atoms with E-state index in [0.717, 1.165) is 15.4 Å². The lowest BCUT2D eigenvalue weighted by atomic mass is 10.1. The SMILES string of the molecule is Cc1cc2cc(Br)c(OS(=O)(=O)C(F)(F)F)cc2cc1Br. The molecule has 0 bridgehead atoms. The molecule has 114 valence electrons. The van der Waals surface area contributed by atoms with E-state index < -0.39 is 21.4 Å². The quantitative estimate of drug-likeness (QED) is 0.485. The van der Waals surface area contributed by atoms with Crippen molar-refractivity contribution < 1.29 is 25.8 Å². The molecule has 0 saturated heterocycles. The predicted octanol–water partition coefficient (Wildman–Crippen LogP) is 4.90. The maximum absolute atomic E-state index is 12.3. The maximum atomic E-state index is 12.3. The first-order valence-electron chi connectivity index (χ1n) is 5.41. The van der Waals surface area contributed by atoms with Gasteiger partial charge in [-0.3, -0.25) is 0 Å². The van der Waals surface area contributed by atoms with Crippen molar-refractivity contribution in [3.05, 3.63) is 38.8 Å². The van der Waals surface area contributed by atoms with Gasteiger partial charge in [0.05, 0.1) is 4.47 Å². The fraction of sp³-hybridized carbons (Fsp3) is 0.167. The molecule has 0 N–H and O–H groups in total. The van der Waals surface area contributed by atoms with Crippen molar-refractivity contribution >= 4 is 52.8 Å². The van der Waals surface area contributed by atoms with Gasteiger partial charge in [-0.15, -0.1) is 0 Å². The lowest BCUT2D eigenvalue weighted by Crippen LogP contribution is -2.28. The van der Waals surface area contributed by atoms with Gasteiger partial charge in [0.25, 0.3) is 0 Å². The van der Waals surface area contributed by atoms with Crippen LogP contribution in [0, 0.1) is 6.92 Å². The van der Waals surface area contributed by atoms with Gasteiger partial charge in [-0.25, -0.2) is 0 Å². The highest BCUT2D eigenvalue weighted by Gasteiger charge is 2.48. The number of benzene rings is 2. The number of rotatable bonds is 2. The van der Waals surface area contributed by atoms with Crippen LogP contribution in [-0.4, -0.2) is 13.9 Å². The zero-order valence-corrected chi connectivity index (χ0v) is 14.3. The van der Waals surface area contributed by atoms with Crippen LogP contribution >= 0.6 is 31.9 Å². The molecule has 3 nitrogen and oxygen atoms in total. The van der Waals surface area contributed by atoms with Crippen molar-refractivity contribution in [1.29, 1.82) is 0 Å². The van der Waals surface area contributed by atoms with Gasteiger partial charge in [0.2, 0.25) is 0 Å². The van der Waals surface area contributed by atoms with E-state index in [2.05, 4.69) is 36.0 Å². The van der Waals surface area contributed by atoms with E-state index in [1.54, 1.807) is 6.07 Å². The summed E-state index contributed by atoms with van der Waals surface area (Å²) >= 11 is 6.31. The molecule has 0 aromatic heterocycles. The van der Waals surface area contributed by atoms with Gasteiger partial charge < -0.3 is 4.18 Å². The van der Waals surface area contributed by atoms with E-state index in [-0.39, 0.29) is 4.47 Å². The van der Waals surface area contributed by atoms with Crippen LogP contribution in [0.25, 0.3) is 10.8 Å². The van der Waals surface area contributed by atoms with Gasteiger partial charge in [-0.1, -0.05) is 22.0 Å². The molecule has 2 rings (SSSR count). The average Bonchev–Trinajstić information content (AvgIpc) is 2.31. The van der Waals surface area contributed by atoms with Crippen LogP contribution in [0.4, 0.5) is 13.2 Å². The highest BCUT2D eigenvalue weighted by Crippen LogP contribution is 2.36. The second-order valence-corrected chi connectivity index (χ2v) is 7.46. The zero-order valence-electron chi connectivity index (χ0n) is 10.3. The van der Waals surface area contributed by atoms with Gasteiger partial charge in [-0.2, -0.15) is 21.6 Å². The van der Waals surface area contributed by atoms with E-state index in [9.17, 15) is 21.6 Å². The third-order valence-corrected chi connectivity index (χ3v) is 5.09. The fourth-order valence-electron chi connectivity index (χ4n) is 1.62. The lowest BCUT2D eigenvalue weighted by molar-refractivity contribution is -0.0500. The maximum Gasteiger partial charge on any atom is 0.534 e. The lowest BCUT2D eigenvalue weighted by Gasteiger charge is -2.12. The zero-order chi connectivity index (χ0) is 16.0. The Morgan fingerprint density at radius 2 is 1.52 bits per heavy atom. The number of alkyl halides is 3. The standard InChI is InChI=1S/C12H7Br2F3O3S/c1-6-2-7-4-10(14)11(5-8(7)3-9(6)13)20-21(18,19)12(15,16)17/h2-5H,1H3. The molecule has 0 saturated carbocycles. The minimum absolute atomic E-state index is 0.115. The molecular formula is C12H7Br2F3O3S. The molecule has 0 heterocycles. The van der Waals surface area contributed by atoms with Crippen LogP contribution in [0.1, 0.15) is 5.56 Å². The normalized spacial score (nSPS) is 12.7. The Balaban J connectivity index is 2.56. The molecule has 0 aliphatic heterocycles. The number of hydrogen-bond donors (Lipinski definition) is 0. The Bertz CT molecular complexity index is 817. The Labute approximate surface area is 135 Å². The smallest absolute Gasteiger partial charge is 0.375 e. The number of halogens is 5. The summed E-state index contributed by atoms with van der Waals surface area (Å²) in [7, 11) is -5.70. The summed E-state index contributed by atoms with van der Waals surface area (Å²) in [5.41, 5.74) is -4.54. The number of fused-ring (bicyclic) bond motifs is 1. The van der Waals surface area contributed by atoms with Crippen LogP contribution in [0.2, 0.25) is 0 Å². The van der Waals surface area contributed by atoms with Crippen molar-refractivity contribution in [3.63, 3.8) is 0 Å². The number of hydrogen-bond acceptors (Lipinski definition) is 3. The molecule has 0 fully saturated rings. The molecule has 0 amide bonds. The monoisotopic (exact) mass is 446 g/mol. The second kappa shape index (κ2) is 5.44. The Hall–Kier alpha value is -0.800.